The van der Waals surface area contributed by atoms with Crippen LogP contribution in [-0.2, 0) is 10.8 Å². The van der Waals surface area contributed by atoms with Gasteiger partial charge in [-0.3, -0.25) is 0 Å². The standard InChI is InChI=1S/C66H47N/c1-6-20-48(21-7-1)49-34-40-58(41-35-49)67(59-42-36-50(37-43-59)63-46-52-22-16-18-32-61(52)65(63,54-24-8-2-9-25-54)55-26-10-3-11-27-55)60-44-38-51(39-45-60)64-47-53-23-17-19-33-62(53)66(64,56-28-12-4-13-29-56)57-30-14-5-15-31-57/h1-47H. The maximum Gasteiger partial charge on any atom is 0.0713 e. The van der Waals surface area contributed by atoms with Crippen LogP contribution in [0.4, 0.5) is 17.1 Å². The van der Waals surface area contributed by atoms with Gasteiger partial charge in [0.05, 0.1) is 10.8 Å². The highest BCUT2D eigenvalue weighted by Gasteiger charge is 2.46. The Kier molecular flexibility index (Phi) is 10.0. The number of hydrogen-bond acceptors (Lipinski definition) is 1. The monoisotopic (exact) mass is 853 g/mol. The number of rotatable bonds is 10. The van der Waals surface area contributed by atoms with E-state index in [0.29, 0.717) is 0 Å². The fourth-order valence-corrected chi connectivity index (χ4v) is 11.1. The van der Waals surface area contributed by atoms with Gasteiger partial charge in [0.1, 0.15) is 0 Å². The van der Waals surface area contributed by atoms with E-state index in [2.05, 4.69) is 290 Å². The lowest BCUT2D eigenvalue weighted by molar-refractivity contribution is 0.814. The molecule has 316 valence electrons. The number of anilines is 3. The normalized spacial score (nSPS) is 14.1. The molecule has 1 heteroatoms. The lowest BCUT2D eigenvalue weighted by atomic mass is 9.65. The first kappa shape index (κ1) is 40.0. The average Bonchev–Trinajstić information content (AvgIpc) is 3.96. The van der Waals surface area contributed by atoms with Gasteiger partial charge in [-0.2, -0.15) is 0 Å². The van der Waals surface area contributed by atoms with E-state index in [4.69, 9.17) is 0 Å². The van der Waals surface area contributed by atoms with Crippen molar-refractivity contribution < 1.29 is 0 Å². The second kappa shape index (κ2) is 16.8. The van der Waals surface area contributed by atoms with Crippen molar-refractivity contribution in [3.63, 3.8) is 0 Å². The Bertz CT molecular complexity index is 3120. The lowest BCUT2D eigenvalue weighted by Gasteiger charge is -2.36. The molecule has 0 saturated heterocycles. The molecule has 0 amide bonds. The molecule has 0 bridgehead atoms. The van der Waals surface area contributed by atoms with Crippen LogP contribution in [0.15, 0.2) is 273 Å². The largest absolute Gasteiger partial charge is 0.311 e. The van der Waals surface area contributed by atoms with Gasteiger partial charge in [-0.15, -0.1) is 0 Å². The molecule has 12 rings (SSSR count). The minimum atomic E-state index is -0.479. The van der Waals surface area contributed by atoms with Crippen LogP contribution in [0.1, 0.15) is 55.6 Å². The predicted octanol–water partition coefficient (Wildman–Crippen LogP) is 16.6. The summed E-state index contributed by atoms with van der Waals surface area (Å²) in [5.74, 6) is 0. The van der Waals surface area contributed by atoms with Crippen molar-refractivity contribution >= 4 is 40.4 Å². The molecule has 1 nitrogen and oxygen atoms in total. The summed E-state index contributed by atoms with van der Waals surface area (Å²) in [6, 6.07) is 99.9. The first-order chi connectivity index (χ1) is 33.2. The van der Waals surface area contributed by atoms with Crippen molar-refractivity contribution in [2.45, 2.75) is 10.8 Å². The predicted molar refractivity (Wildman–Crippen MR) is 281 cm³/mol. The quantitative estimate of drug-likeness (QED) is 0.132. The highest BCUT2D eigenvalue weighted by molar-refractivity contribution is 6.01. The molecule has 2 aliphatic carbocycles. The van der Waals surface area contributed by atoms with Gasteiger partial charge >= 0.3 is 0 Å². The van der Waals surface area contributed by atoms with Crippen molar-refractivity contribution in [3.05, 3.63) is 329 Å². The number of fused-ring (bicyclic) bond motifs is 2. The molecule has 0 heterocycles. The molecular weight excluding hydrogens is 807 g/mol. The third-order valence-electron chi connectivity index (χ3n) is 14.1. The van der Waals surface area contributed by atoms with Crippen LogP contribution in [-0.4, -0.2) is 0 Å². The molecule has 0 unspecified atom stereocenters. The zero-order valence-corrected chi connectivity index (χ0v) is 37.1. The van der Waals surface area contributed by atoms with Crippen LogP contribution >= 0.6 is 0 Å². The van der Waals surface area contributed by atoms with E-state index in [-0.39, 0.29) is 0 Å². The Labute approximate surface area is 394 Å². The van der Waals surface area contributed by atoms with Crippen molar-refractivity contribution in [2.24, 2.45) is 0 Å². The smallest absolute Gasteiger partial charge is 0.0713 e. The van der Waals surface area contributed by atoms with E-state index in [9.17, 15) is 0 Å². The van der Waals surface area contributed by atoms with Crippen molar-refractivity contribution in [1.82, 2.24) is 0 Å². The van der Waals surface area contributed by atoms with Gasteiger partial charge in [0.15, 0.2) is 0 Å². The summed E-state index contributed by atoms with van der Waals surface area (Å²) < 4.78 is 0. The molecule has 0 aliphatic heterocycles. The molecule has 0 aromatic heterocycles. The molecule has 10 aromatic rings. The van der Waals surface area contributed by atoms with Gasteiger partial charge in [-0.1, -0.05) is 237 Å². The first-order valence-corrected chi connectivity index (χ1v) is 23.2. The van der Waals surface area contributed by atoms with Gasteiger partial charge < -0.3 is 4.90 Å². The molecular formula is C66H47N. The molecule has 0 spiro atoms. The summed E-state index contributed by atoms with van der Waals surface area (Å²) in [6.45, 7) is 0. The van der Waals surface area contributed by atoms with E-state index in [1.165, 1.54) is 77.9 Å². The van der Waals surface area contributed by atoms with Gasteiger partial charge in [-0.05, 0) is 126 Å². The Balaban J connectivity index is 0.983. The van der Waals surface area contributed by atoms with Gasteiger partial charge in [0.25, 0.3) is 0 Å². The highest BCUT2D eigenvalue weighted by Crippen LogP contribution is 2.57. The average molecular weight is 854 g/mol. The summed E-state index contributed by atoms with van der Waals surface area (Å²) in [5.41, 5.74) is 19.7. The molecule has 2 aliphatic rings. The third-order valence-corrected chi connectivity index (χ3v) is 14.1. The lowest BCUT2D eigenvalue weighted by Crippen LogP contribution is -2.29. The number of nitrogens with zero attached hydrogens (tertiary/aromatic N) is 1. The molecule has 0 radical (unpaired) electrons. The van der Waals surface area contributed by atoms with E-state index in [1.54, 1.807) is 0 Å². The zero-order valence-electron chi connectivity index (χ0n) is 37.1. The van der Waals surface area contributed by atoms with E-state index in [0.717, 1.165) is 17.1 Å². The molecule has 10 aromatic carbocycles. The van der Waals surface area contributed by atoms with Crippen LogP contribution in [0.5, 0.6) is 0 Å². The number of allylic oxidation sites excluding steroid dienone is 2. The van der Waals surface area contributed by atoms with Crippen LogP contribution in [0.25, 0.3) is 34.4 Å². The zero-order chi connectivity index (χ0) is 44.6. The SMILES string of the molecule is C1=C(c2ccc(N(c3ccc(C4=Cc5ccccc5C4(c4ccccc4)c4ccccc4)cc3)c3ccc(-c4ccccc4)cc3)cc2)C(c2ccccc2)(c2ccccc2)c2ccccc21. The Hall–Kier alpha value is -8.52. The van der Waals surface area contributed by atoms with Crippen LogP contribution in [0, 0.1) is 0 Å². The maximum absolute atomic E-state index is 2.41. The topological polar surface area (TPSA) is 3.24 Å². The molecule has 0 N–H and O–H groups in total. The van der Waals surface area contributed by atoms with Crippen molar-refractivity contribution in [2.75, 3.05) is 4.90 Å². The summed E-state index contributed by atoms with van der Waals surface area (Å²) in [6.07, 6.45) is 4.81. The first-order valence-electron chi connectivity index (χ1n) is 23.2. The van der Waals surface area contributed by atoms with E-state index in [1.807, 2.05) is 0 Å². The van der Waals surface area contributed by atoms with E-state index < -0.39 is 10.8 Å². The van der Waals surface area contributed by atoms with Crippen LogP contribution in [0.2, 0.25) is 0 Å². The number of benzene rings is 10. The molecule has 0 fully saturated rings. The third kappa shape index (κ3) is 6.62. The summed E-state index contributed by atoms with van der Waals surface area (Å²) in [7, 11) is 0. The summed E-state index contributed by atoms with van der Waals surface area (Å²) in [4.78, 5) is 2.39. The van der Waals surface area contributed by atoms with E-state index >= 15 is 0 Å². The summed E-state index contributed by atoms with van der Waals surface area (Å²) >= 11 is 0. The minimum absolute atomic E-state index is 0.479. The Morgan fingerprint density at radius 3 is 0.836 bits per heavy atom. The van der Waals surface area contributed by atoms with Gasteiger partial charge in [0, 0.05) is 17.1 Å². The summed E-state index contributed by atoms with van der Waals surface area (Å²) in [5, 5.41) is 0. The van der Waals surface area contributed by atoms with Crippen molar-refractivity contribution in [3.8, 4) is 11.1 Å². The van der Waals surface area contributed by atoms with Crippen LogP contribution in [0.3, 0.4) is 0 Å². The second-order valence-electron chi connectivity index (χ2n) is 17.6. The Morgan fingerprint density at radius 1 is 0.224 bits per heavy atom. The molecule has 0 saturated carbocycles. The fourth-order valence-electron chi connectivity index (χ4n) is 11.1. The molecule has 0 atom stereocenters. The molecule has 67 heavy (non-hydrogen) atoms. The second-order valence-corrected chi connectivity index (χ2v) is 17.6. The highest BCUT2D eigenvalue weighted by atomic mass is 15.1. The maximum atomic E-state index is 2.41. The fraction of sp³-hybridized carbons (Fsp3) is 0.0303. The number of hydrogen-bond donors (Lipinski definition) is 0. The van der Waals surface area contributed by atoms with Gasteiger partial charge in [-0.25, -0.2) is 0 Å². The van der Waals surface area contributed by atoms with Crippen LogP contribution < -0.4 is 4.90 Å². The Morgan fingerprint density at radius 2 is 0.493 bits per heavy atom. The van der Waals surface area contributed by atoms with Crippen molar-refractivity contribution in [1.29, 1.82) is 0 Å². The van der Waals surface area contributed by atoms with Gasteiger partial charge in [0.2, 0.25) is 0 Å². The minimum Gasteiger partial charge on any atom is -0.311 e.